The number of esters is 1. The zero-order valence-electron chi connectivity index (χ0n) is 13.2. The van der Waals surface area contributed by atoms with Crippen LogP contribution in [0, 0.1) is 0 Å². The molecule has 24 heavy (non-hydrogen) atoms. The third-order valence-electron chi connectivity index (χ3n) is 3.58. The number of rotatable bonds is 5. The Morgan fingerprint density at radius 1 is 1.21 bits per heavy atom. The number of methoxy groups -OCH3 is 1. The highest BCUT2D eigenvalue weighted by Crippen LogP contribution is 2.38. The summed E-state index contributed by atoms with van der Waals surface area (Å²) in [6, 6.07) is 10.8. The van der Waals surface area contributed by atoms with Crippen molar-refractivity contribution in [2.24, 2.45) is 0 Å². The molecule has 0 saturated heterocycles. The summed E-state index contributed by atoms with van der Waals surface area (Å²) in [7, 11) is 1.57. The molecule has 1 aliphatic heterocycles. The summed E-state index contributed by atoms with van der Waals surface area (Å²) in [6.45, 7) is 1.06. The van der Waals surface area contributed by atoms with Gasteiger partial charge >= 0.3 is 5.97 Å². The van der Waals surface area contributed by atoms with Crippen LogP contribution in [0.15, 0.2) is 36.4 Å². The monoisotopic (exact) mass is 348 g/mol. The molecule has 1 heterocycles. The van der Waals surface area contributed by atoms with Crippen LogP contribution >= 0.6 is 11.6 Å². The SMILES string of the molecule is COc1ccccc1CC(=O)OCc1cc(Cl)c2c(c1)OCCO2. The van der Waals surface area contributed by atoms with Gasteiger partial charge in [0.25, 0.3) is 0 Å². The summed E-state index contributed by atoms with van der Waals surface area (Å²) in [6.07, 6.45) is 0.141. The van der Waals surface area contributed by atoms with Crippen molar-refractivity contribution < 1.29 is 23.7 Å². The van der Waals surface area contributed by atoms with Crippen LogP contribution in [0.5, 0.6) is 17.2 Å². The molecule has 0 saturated carbocycles. The summed E-state index contributed by atoms with van der Waals surface area (Å²) < 4.78 is 21.5. The van der Waals surface area contributed by atoms with Crippen LogP contribution in [0.1, 0.15) is 11.1 Å². The van der Waals surface area contributed by atoms with Gasteiger partial charge in [0.05, 0.1) is 18.6 Å². The molecule has 0 spiro atoms. The van der Waals surface area contributed by atoms with E-state index in [2.05, 4.69) is 0 Å². The van der Waals surface area contributed by atoms with Gasteiger partial charge in [0, 0.05) is 5.56 Å². The standard InChI is InChI=1S/C18H17ClO5/c1-21-15-5-3-2-4-13(15)10-17(20)24-11-12-8-14(19)18-16(9-12)22-6-7-23-18/h2-5,8-9H,6-7,10-11H2,1H3. The molecule has 3 rings (SSSR count). The Bertz CT molecular complexity index is 744. The molecule has 0 bridgehead atoms. The number of ether oxygens (including phenoxy) is 4. The summed E-state index contributed by atoms with van der Waals surface area (Å²) in [5, 5.41) is 0.447. The third-order valence-corrected chi connectivity index (χ3v) is 3.86. The van der Waals surface area contributed by atoms with E-state index in [9.17, 15) is 4.79 Å². The van der Waals surface area contributed by atoms with E-state index in [1.807, 2.05) is 24.3 Å². The summed E-state index contributed by atoms with van der Waals surface area (Å²) in [4.78, 5) is 12.1. The van der Waals surface area contributed by atoms with Crippen molar-refractivity contribution in [1.82, 2.24) is 0 Å². The van der Waals surface area contributed by atoms with Crippen molar-refractivity contribution in [3.8, 4) is 17.2 Å². The predicted molar refractivity (Wildman–Crippen MR) is 88.9 cm³/mol. The molecule has 5 nitrogen and oxygen atoms in total. The molecule has 0 atom stereocenters. The summed E-state index contributed by atoms with van der Waals surface area (Å²) in [5.41, 5.74) is 1.53. The first-order chi connectivity index (χ1) is 11.7. The van der Waals surface area contributed by atoms with E-state index < -0.39 is 0 Å². The van der Waals surface area contributed by atoms with E-state index in [1.165, 1.54) is 0 Å². The van der Waals surface area contributed by atoms with Crippen molar-refractivity contribution in [3.63, 3.8) is 0 Å². The Kier molecular flexibility index (Phi) is 5.11. The first-order valence-electron chi connectivity index (χ1n) is 7.53. The Balaban J connectivity index is 1.63. The predicted octanol–water partition coefficient (Wildman–Crippen LogP) is 3.41. The fourth-order valence-electron chi connectivity index (χ4n) is 2.47. The van der Waals surface area contributed by atoms with E-state index in [0.29, 0.717) is 35.5 Å². The Labute approximate surface area is 145 Å². The third kappa shape index (κ3) is 3.74. The molecule has 0 aromatic heterocycles. The van der Waals surface area contributed by atoms with Crippen LogP contribution < -0.4 is 14.2 Å². The second-order valence-electron chi connectivity index (χ2n) is 5.25. The van der Waals surface area contributed by atoms with Gasteiger partial charge in [0.2, 0.25) is 0 Å². The molecule has 2 aromatic rings. The second kappa shape index (κ2) is 7.45. The van der Waals surface area contributed by atoms with Crippen LogP contribution in [-0.4, -0.2) is 26.3 Å². The van der Waals surface area contributed by atoms with Gasteiger partial charge in [-0.25, -0.2) is 0 Å². The van der Waals surface area contributed by atoms with E-state index in [0.717, 1.165) is 11.1 Å². The number of hydrogen-bond donors (Lipinski definition) is 0. The van der Waals surface area contributed by atoms with E-state index in [-0.39, 0.29) is 19.0 Å². The second-order valence-corrected chi connectivity index (χ2v) is 5.66. The van der Waals surface area contributed by atoms with Crippen LogP contribution in [0.3, 0.4) is 0 Å². The van der Waals surface area contributed by atoms with E-state index >= 15 is 0 Å². The van der Waals surface area contributed by atoms with Crippen LogP contribution in [0.4, 0.5) is 0 Å². The highest BCUT2D eigenvalue weighted by molar-refractivity contribution is 6.32. The Morgan fingerprint density at radius 2 is 2.00 bits per heavy atom. The minimum atomic E-state index is -0.342. The maximum atomic E-state index is 12.1. The lowest BCUT2D eigenvalue weighted by Crippen LogP contribution is -2.16. The number of para-hydroxylation sites is 1. The molecule has 0 amide bonds. The van der Waals surface area contributed by atoms with Crippen molar-refractivity contribution in [2.45, 2.75) is 13.0 Å². The van der Waals surface area contributed by atoms with Gasteiger partial charge < -0.3 is 18.9 Å². The molecule has 0 aliphatic carbocycles. The maximum Gasteiger partial charge on any atom is 0.310 e. The molecule has 0 N–H and O–H groups in total. The first kappa shape index (κ1) is 16.5. The molecule has 6 heteroatoms. The number of halogens is 1. The highest BCUT2D eigenvalue weighted by Gasteiger charge is 2.17. The lowest BCUT2D eigenvalue weighted by Gasteiger charge is -2.20. The van der Waals surface area contributed by atoms with Crippen molar-refractivity contribution >= 4 is 17.6 Å². The molecule has 0 fully saturated rings. The lowest BCUT2D eigenvalue weighted by molar-refractivity contribution is -0.144. The quantitative estimate of drug-likeness (QED) is 0.775. The fraction of sp³-hybridized carbons (Fsp3) is 0.278. The highest BCUT2D eigenvalue weighted by atomic mass is 35.5. The van der Waals surface area contributed by atoms with Crippen LogP contribution in [-0.2, 0) is 22.6 Å². The van der Waals surface area contributed by atoms with Crippen molar-refractivity contribution in [2.75, 3.05) is 20.3 Å². The average molecular weight is 349 g/mol. The largest absolute Gasteiger partial charge is 0.496 e. The van der Waals surface area contributed by atoms with E-state index in [4.69, 9.17) is 30.5 Å². The van der Waals surface area contributed by atoms with Gasteiger partial charge in [-0.05, 0) is 23.8 Å². The zero-order valence-corrected chi connectivity index (χ0v) is 14.0. The number of carbonyl (C=O) groups is 1. The zero-order chi connectivity index (χ0) is 16.9. The first-order valence-corrected chi connectivity index (χ1v) is 7.90. The summed E-state index contributed by atoms with van der Waals surface area (Å²) >= 11 is 6.17. The van der Waals surface area contributed by atoms with Crippen molar-refractivity contribution in [3.05, 3.63) is 52.5 Å². The van der Waals surface area contributed by atoms with Gasteiger partial charge in [0.1, 0.15) is 25.6 Å². The minimum Gasteiger partial charge on any atom is -0.496 e. The lowest BCUT2D eigenvalue weighted by atomic mass is 10.1. The topological polar surface area (TPSA) is 54.0 Å². The minimum absolute atomic E-state index is 0.115. The van der Waals surface area contributed by atoms with Crippen molar-refractivity contribution in [1.29, 1.82) is 0 Å². The van der Waals surface area contributed by atoms with Gasteiger partial charge in [-0.3, -0.25) is 4.79 Å². The van der Waals surface area contributed by atoms with Gasteiger partial charge in [-0.2, -0.15) is 0 Å². The van der Waals surface area contributed by atoms with Gasteiger partial charge in [-0.1, -0.05) is 29.8 Å². The number of hydrogen-bond acceptors (Lipinski definition) is 5. The molecule has 0 unspecified atom stereocenters. The van der Waals surface area contributed by atoms with Gasteiger partial charge in [0.15, 0.2) is 11.5 Å². The number of carbonyl (C=O) groups excluding carboxylic acids is 1. The average Bonchev–Trinajstić information content (AvgIpc) is 2.60. The molecular formula is C18H17ClO5. The molecule has 0 radical (unpaired) electrons. The summed E-state index contributed by atoms with van der Waals surface area (Å²) in [5.74, 6) is 1.43. The van der Waals surface area contributed by atoms with Gasteiger partial charge in [-0.15, -0.1) is 0 Å². The van der Waals surface area contributed by atoms with Crippen LogP contribution in [0.2, 0.25) is 5.02 Å². The molecule has 1 aliphatic rings. The molecule has 2 aromatic carbocycles. The number of fused-ring (bicyclic) bond motifs is 1. The smallest absolute Gasteiger partial charge is 0.310 e. The van der Waals surface area contributed by atoms with E-state index in [1.54, 1.807) is 19.2 Å². The number of benzene rings is 2. The molecular weight excluding hydrogens is 332 g/mol. The Hall–Kier alpha value is -2.40. The normalized spacial score (nSPS) is 12.6. The van der Waals surface area contributed by atoms with Crippen LogP contribution in [0.25, 0.3) is 0 Å². The maximum absolute atomic E-state index is 12.1. The Morgan fingerprint density at radius 3 is 2.83 bits per heavy atom. The molecule has 126 valence electrons. The fourth-order valence-corrected chi connectivity index (χ4v) is 2.75.